The maximum Gasteiger partial charge on any atom is 0.226 e. The average molecular weight is 399 g/mol. The molecule has 154 valence electrons. The minimum absolute atomic E-state index is 0.0418. The first-order valence-corrected chi connectivity index (χ1v) is 9.82. The van der Waals surface area contributed by atoms with Crippen molar-refractivity contribution < 1.29 is 14.2 Å². The summed E-state index contributed by atoms with van der Waals surface area (Å²) in [6.07, 6.45) is 2.43. The molecule has 2 aliphatic rings. The highest BCUT2D eigenvalue weighted by molar-refractivity contribution is 5.73. The van der Waals surface area contributed by atoms with Gasteiger partial charge in [0.1, 0.15) is 11.6 Å². The molecule has 1 aromatic heterocycles. The molecular formula is C21H26FN5O2. The summed E-state index contributed by atoms with van der Waals surface area (Å²) >= 11 is 0. The van der Waals surface area contributed by atoms with E-state index in [1.54, 1.807) is 19.2 Å². The molecule has 0 aliphatic carbocycles. The maximum absolute atomic E-state index is 14.5. The number of aliphatic hydroxyl groups is 1. The highest BCUT2D eigenvalue weighted by atomic mass is 19.1. The minimum Gasteiger partial charge on any atom is -0.496 e. The van der Waals surface area contributed by atoms with Crippen molar-refractivity contribution in [2.75, 3.05) is 38.3 Å². The number of benzene rings is 1. The van der Waals surface area contributed by atoms with Crippen LogP contribution in [0, 0.1) is 12.7 Å². The van der Waals surface area contributed by atoms with Crippen molar-refractivity contribution in [3.8, 4) is 5.75 Å². The molecule has 1 aromatic carbocycles. The zero-order valence-corrected chi connectivity index (χ0v) is 16.7. The highest BCUT2D eigenvalue weighted by Crippen LogP contribution is 2.37. The second-order valence-electron chi connectivity index (χ2n) is 7.38. The van der Waals surface area contributed by atoms with Crippen LogP contribution in [0.1, 0.15) is 29.4 Å². The van der Waals surface area contributed by atoms with Crippen LogP contribution in [-0.4, -0.2) is 54.5 Å². The third-order valence-electron chi connectivity index (χ3n) is 5.44. The molecule has 1 unspecified atom stereocenters. The molecule has 7 nitrogen and oxygen atoms in total. The van der Waals surface area contributed by atoms with E-state index in [9.17, 15) is 9.50 Å². The molecule has 0 bridgehead atoms. The Morgan fingerprint density at radius 3 is 3.00 bits per heavy atom. The van der Waals surface area contributed by atoms with E-state index < -0.39 is 0 Å². The lowest BCUT2D eigenvalue weighted by Crippen LogP contribution is -2.53. The number of nitrogens with zero attached hydrogens (tertiary/aromatic N) is 3. The Labute approximate surface area is 169 Å². The third-order valence-corrected chi connectivity index (χ3v) is 5.44. The topological polar surface area (TPSA) is 82.5 Å². The van der Waals surface area contributed by atoms with Gasteiger partial charge in [-0.2, -0.15) is 0 Å². The zero-order chi connectivity index (χ0) is 20.4. The Balaban J connectivity index is 1.59. The molecule has 29 heavy (non-hydrogen) atoms. The van der Waals surface area contributed by atoms with Gasteiger partial charge in [0.2, 0.25) is 5.95 Å². The van der Waals surface area contributed by atoms with Crippen molar-refractivity contribution in [3.05, 3.63) is 53.2 Å². The average Bonchev–Trinajstić information content (AvgIpc) is 3.22. The summed E-state index contributed by atoms with van der Waals surface area (Å²) in [5, 5.41) is 16.3. The van der Waals surface area contributed by atoms with E-state index in [-0.39, 0.29) is 24.5 Å². The molecule has 8 heteroatoms. The number of aromatic nitrogens is 2. The lowest BCUT2D eigenvalue weighted by atomic mass is 9.99. The van der Waals surface area contributed by atoms with Gasteiger partial charge in [0.05, 0.1) is 37.1 Å². The molecule has 2 aliphatic heterocycles. The van der Waals surface area contributed by atoms with E-state index >= 15 is 0 Å². The quantitative estimate of drug-likeness (QED) is 0.707. The number of methoxy groups -OCH3 is 1. The molecule has 0 saturated carbocycles. The zero-order valence-electron chi connectivity index (χ0n) is 16.7. The van der Waals surface area contributed by atoms with Gasteiger partial charge < -0.3 is 25.4 Å². The second-order valence-corrected chi connectivity index (χ2v) is 7.38. The molecule has 2 atom stereocenters. The van der Waals surface area contributed by atoms with Gasteiger partial charge in [-0.15, -0.1) is 0 Å². The van der Waals surface area contributed by atoms with E-state index in [1.165, 1.54) is 6.07 Å². The number of ether oxygens (including phenoxy) is 1. The van der Waals surface area contributed by atoms with Crippen LogP contribution in [0.4, 0.5) is 10.3 Å². The molecule has 0 spiro atoms. The predicted molar refractivity (Wildman–Crippen MR) is 109 cm³/mol. The van der Waals surface area contributed by atoms with E-state index in [1.807, 2.05) is 19.2 Å². The number of hydrogen-bond acceptors (Lipinski definition) is 7. The Morgan fingerprint density at radius 1 is 1.34 bits per heavy atom. The molecule has 4 rings (SSSR count). The summed E-state index contributed by atoms with van der Waals surface area (Å²) in [7, 11) is 1.55. The summed E-state index contributed by atoms with van der Waals surface area (Å²) < 4.78 is 19.8. The first-order chi connectivity index (χ1) is 14.1. The van der Waals surface area contributed by atoms with E-state index in [2.05, 4.69) is 20.5 Å². The fourth-order valence-electron chi connectivity index (χ4n) is 3.96. The molecule has 0 amide bonds. The van der Waals surface area contributed by atoms with Crippen LogP contribution < -0.4 is 20.3 Å². The van der Waals surface area contributed by atoms with Crippen molar-refractivity contribution in [2.45, 2.75) is 25.4 Å². The van der Waals surface area contributed by atoms with Gasteiger partial charge in [0, 0.05) is 37.9 Å². The Bertz CT molecular complexity index is 920. The Morgan fingerprint density at radius 2 is 2.21 bits per heavy atom. The van der Waals surface area contributed by atoms with E-state index in [0.29, 0.717) is 30.2 Å². The van der Waals surface area contributed by atoms with Crippen LogP contribution in [0.15, 0.2) is 30.5 Å². The molecule has 2 aromatic rings. The maximum atomic E-state index is 14.5. The number of anilines is 1. The molecule has 1 saturated heterocycles. The van der Waals surface area contributed by atoms with Crippen LogP contribution in [0.2, 0.25) is 0 Å². The largest absolute Gasteiger partial charge is 0.496 e. The number of piperazine rings is 1. The number of halogens is 1. The first kappa shape index (κ1) is 19.6. The van der Waals surface area contributed by atoms with E-state index in [0.717, 1.165) is 30.1 Å². The molecule has 1 fully saturated rings. The Hall–Kier alpha value is -2.71. The van der Waals surface area contributed by atoms with Crippen molar-refractivity contribution in [2.24, 2.45) is 0 Å². The van der Waals surface area contributed by atoms with Crippen LogP contribution in [0.5, 0.6) is 5.75 Å². The van der Waals surface area contributed by atoms with Crippen LogP contribution in [0.3, 0.4) is 0 Å². The van der Waals surface area contributed by atoms with Gasteiger partial charge in [-0.1, -0.05) is 6.07 Å². The van der Waals surface area contributed by atoms with Gasteiger partial charge in [0.25, 0.3) is 0 Å². The van der Waals surface area contributed by atoms with Crippen LogP contribution >= 0.6 is 0 Å². The number of rotatable bonds is 5. The normalized spacial score (nSPS) is 21.7. The van der Waals surface area contributed by atoms with Crippen molar-refractivity contribution in [3.63, 3.8) is 0 Å². The number of aryl methyl sites for hydroxylation is 1. The smallest absolute Gasteiger partial charge is 0.226 e. The SMILES string of the molecule is COc1cccc(F)c1C1=CNC(c2cc(C)nc(N3CCNC[C@H]3CO)n2)C1. The molecular weight excluding hydrogens is 373 g/mol. The van der Waals surface area contributed by atoms with Crippen LogP contribution in [-0.2, 0) is 0 Å². The van der Waals surface area contributed by atoms with Gasteiger partial charge in [-0.3, -0.25) is 0 Å². The lowest BCUT2D eigenvalue weighted by Gasteiger charge is -2.35. The third kappa shape index (κ3) is 3.90. The van der Waals surface area contributed by atoms with Crippen molar-refractivity contribution in [1.29, 1.82) is 0 Å². The predicted octanol–water partition coefficient (Wildman–Crippen LogP) is 1.78. The standard InChI is InChI=1S/C21H26FN5O2/c1-13-8-18(26-21(25-13)27-7-6-23-11-15(27)12-28)17-9-14(10-24-17)20-16(22)4-3-5-19(20)29-2/h3-5,8,10,15,17,23-24,28H,6-7,9,11-12H2,1-2H3/t15-,17?/m0/s1. The fourth-order valence-corrected chi connectivity index (χ4v) is 3.96. The van der Waals surface area contributed by atoms with Gasteiger partial charge in [-0.25, -0.2) is 14.4 Å². The Kier molecular flexibility index (Phi) is 5.64. The summed E-state index contributed by atoms with van der Waals surface area (Å²) in [4.78, 5) is 11.4. The number of hydrogen-bond donors (Lipinski definition) is 3. The highest BCUT2D eigenvalue weighted by Gasteiger charge is 2.28. The summed E-state index contributed by atoms with van der Waals surface area (Å²) in [6, 6.07) is 6.67. The van der Waals surface area contributed by atoms with Gasteiger partial charge in [-0.05, 0) is 30.7 Å². The minimum atomic E-state index is -0.302. The summed E-state index contributed by atoms with van der Waals surface area (Å²) in [6.45, 7) is 4.24. The van der Waals surface area contributed by atoms with E-state index in [4.69, 9.17) is 9.72 Å². The van der Waals surface area contributed by atoms with Crippen molar-refractivity contribution >= 4 is 11.5 Å². The fraction of sp³-hybridized carbons (Fsp3) is 0.429. The van der Waals surface area contributed by atoms with Gasteiger partial charge in [0.15, 0.2) is 0 Å². The number of nitrogens with one attached hydrogen (secondary N) is 2. The second kappa shape index (κ2) is 8.34. The summed E-state index contributed by atoms with van der Waals surface area (Å²) in [5.74, 6) is 0.841. The van der Waals surface area contributed by atoms with Gasteiger partial charge >= 0.3 is 0 Å². The van der Waals surface area contributed by atoms with Crippen molar-refractivity contribution in [1.82, 2.24) is 20.6 Å². The molecule has 3 N–H and O–H groups in total. The number of aliphatic hydroxyl groups excluding tert-OH is 1. The first-order valence-electron chi connectivity index (χ1n) is 9.82. The summed E-state index contributed by atoms with van der Waals surface area (Å²) in [5.41, 5.74) is 3.04. The lowest BCUT2D eigenvalue weighted by molar-refractivity contribution is 0.245. The molecule has 0 radical (unpaired) electrons. The van der Waals surface area contributed by atoms with Crippen LogP contribution in [0.25, 0.3) is 5.57 Å². The monoisotopic (exact) mass is 399 g/mol. The molecule has 3 heterocycles.